The van der Waals surface area contributed by atoms with Crippen LogP contribution in [0.25, 0.3) is 0 Å². The monoisotopic (exact) mass is 324 g/mol. The SMILES string of the molecule is CO.CO.[Br][Ru][Br]. The second-order valence-electron chi connectivity index (χ2n) is 0.0505. The second-order valence-corrected chi connectivity index (χ2v) is 8.07. The molecule has 0 amide bonds. The summed E-state index contributed by atoms with van der Waals surface area (Å²) in [5.74, 6) is 0. The van der Waals surface area contributed by atoms with Gasteiger partial charge in [0.2, 0.25) is 0 Å². The summed E-state index contributed by atoms with van der Waals surface area (Å²) in [6, 6.07) is 0. The maximum absolute atomic E-state index is 7.00. The zero-order valence-electron chi connectivity index (χ0n) is 4.00. The minimum absolute atomic E-state index is 0.335. The molecular formula is C2H8Br2O2Ru. The van der Waals surface area contributed by atoms with Crippen LogP contribution in [-0.2, 0) is 13.2 Å². The van der Waals surface area contributed by atoms with Gasteiger partial charge in [0, 0.05) is 14.2 Å². The van der Waals surface area contributed by atoms with Crippen molar-refractivity contribution in [2.24, 2.45) is 0 Å². The molecule has 0 aliphatic rings. The first-order valence-electron chi connectivity index (χ1n) is 1.16. The van der Waals surface area contributed by atoms with Crippen LogP contribution in [0.15, 0.2) is 0 Å². The fraction of sp³-hybridized carbons (Fsp3) is 1.00. The molecule has 0 aliphatic carbocycles. The molecule has 0 aliphatic heterocycles. The van der Waals surface area contributed by atoms with Crippen LogP contribution < -0.4 is 0 Å². The van der Waals surface area contributed by atoms with Crippen molar-refractivity contribution in [2.45, 2.75) is 0 Å². The molecule has 0 spiro atoms. The molecule has 0 saturated carbocycles. The van der Waals surface area contributed by atoms with E-state index in [0.717, 1.165) is 14.2 Å². The van der Waals surface area contributed by atoms with Crippen LogP contribution in [0.5, 0.6) is 0 Å². The van der Waals surface area contributed by atoms with Gasteiger partial charge in [-0.25, -0.2) is 0 Å². The topological polar surface area (TPSA) is 40.5 Å². The van der Waals surface area contributed by atoms with Crippen LogP contribution >= 0.6 is 27.2 Å². The van der Waals surface area contributed by atoms with Gasteiger partial charge in [-0.15, -0.1) is 0 Å². The van der Waals surface area contributed by atoms with Crippen LogP contribution in [0.2, 0.25) is 0 Å². The number of aliphatic hydroxyl groups excluding tert-OH is 2. The van der Waals surface area contributed by atoms with Gasteiger partial charge < -0.3 is 10.2 Å². The third-order valence-electron chi connectivity index (χ3n) is 0. The molecule has 2 nitrogen and oxygen atoms in total. The summed E-state index contributed by atoms with van der Waals surface area (Å²) in [6.45, 7) is 0. The first-order chi connectivity index (χ1) is 3.41. The number of hydrogen-bond acceptors (Lipinski definition) is 2. The summed E-state index contributed by atoms with van der Waals surface area (Å²) in [6.07, 6.45) is 0. The van der Waals surface area contributed by atoms with Gasteiger partial charge in [-0.05, 0) is 0 Å². The molecule has 0 saturated heterocycles. The van der Waals surface area contributed by atoms with Crippen molar-refractivity contribution in [3.63, 3.8) is 0 Å². The number of aliphatic hydroxyl groups is 2. The molecule has 0 heterocycles. The average molecular weight is 325 g/mol. The molecule has 0 radical (unpaired) electrons. The van der Waals surface area contributed by atoms with Crippen LogP contribution in [0.4, 0.5) is 0 Å². The molecule has 0 aromatic carbocycles. The van der Waals surface area contributed by atoms with E-state index in [1.807, 2.05) is 0 Å². The van der Waals surface area contributed by atoms with Crippen molar-refractivity contribution in [2.75, 3.05) is 14.2 Å². The standard InChI is InChI=1S/2CH4O.2BrH.Ru/c2*1-2;;;/h2*2H,1H3;2*1H;/q;;;;+2/p-2. The fourth-order valence-corrected chi connectivity index (χ4v) is 0. The van der Waals surface area contributed by atoms with Crippen molar-refractivity contribution >= 4 is 27.2 Å². The van der Waals surface area contributed by atoms with E-state index in [4.69, 9.17) is 10.2 Å². The van der Waals surface area contributed by atoms with Crippen molar-refractivity contribution in [3.05, 3.63) is 0 Å². The van der Waals surface area contributed by atoms with E-state index < -0.39 is 0 Å². The first-order valence-corrected chi connectivity index (χ1v) is 9.11. The summed E-state index contributed by atoms with van der Waals surface area (Å²) in [5, 5.41) is 14.0. The molecular weight excluding hydrogens is 317 g/mol. The Bertz CT molecular complexity index is 13.7. The third-order valence-corrected chi connectivity index (χ3v) is 0. The van der Waals surface area contributed by atoms with Crippen molar-refractivity contribution in [1.29, 1.82) is 0 Å². The predicted molar refractivity (Wildman–Crippen MR) is 34.1 cm³/mol. The number of hydrogen-bond donors (Lipinski definition) is 2. The Hall–Kier alpha value is 1.50. The van der Waals surface area contributed by atoms with E-state index in [1.165, 1.54) is 0 Å². The van der Waals surface area contributed by atoms with E-state index in [2.05, 4.69) is 27.2 Å². The van der Waals surface area contributed by atoms with E-state index in [-0.39, 0.29) is 0 Å². The summed E-state index contributed by atoms with van der Waals surface area (Å²) >= 11 is 6.64. The molecule has 0 unspecified atom stereocenters. The van der Waals surface area contributed by atoms with Gasteiger partial charge in [-0.3, -0.25) is 0 Å². The van der Waals surface area contributed by atoms with Gasteiger partial charge in [-0.1, -0.05) is 0 Å². The fourth-order valence-electron chi connectivity index (χ4n) is 0. The molecule has 7 heavy (non-hydrogen) atoms. The van der Waals surface area contributed by atoms with Crippen LogP contribution in [0, 0.1) is 0 Å². The Morgan fingerprint density at radius 2 is 1.00 bits per heavy atom. The summed E-state index contributed by atoms with van der Waals surface area (Å²) in [4.78, 5) is 0. The normalized spacial score (nSPS) is 4.86. The molecule has 0 fully saturated rings. The quantitative estimate of drug-likeness (QED) is 0.650. The molecule has 0 atom stereocenters. The Kier molecular flexibility index (Phi) is 114. The van der Waals surface area contributed by atoms with Gasteiger partial charge in [0.1, 0.15) is 0 Å². The maximum atomic E-state index is 7.00. The van der Waals surface area contributed by atoms with Crippen LogP contribution in [-0.4, -0.2) is 24.4 Å². The van der Waals surface area contributed by atoms with E-state index >= 15 is 0 Å². The van der Waals surface area contributed by atoms with Crippen LogP contribution in [0.3, 0.4) is 0 Å². The molecule has 0 aromatic rings. The van der Waals surface area contributed by atoms with Gasteiger partial charge in [0.15, 0.2) is 0 Å². The molecule has 2 N–H and O–H groups in total. The first kappa shape index (κ1) is 15.8. The molecule has 0 bridgehead atoms. The van der Waals surface area contributed by atoms with Gasteiger partial charge in [-0.2, -0.15) is 0 Å². The van der Waals surface area contributed by atoms with E-state index in [9.17, 15) is 0 Å². The van der Waals surface area contributed by atoms with Crippen LogP contribution in [0.1, 0.15) is 0 Å². The summed E-state index contributed by atoms with van der Waals surface area (Å²) in [5.41, 5.74) is 0. The summed E-state index contributed by atoms with van der Waals surface area (Å²) in [7, 11) is 2.00. The van der Waals surface area contributed by atoms with Crippen molar-refractivity contribution in [3.8, 4) is 0 Å². The zero-order chi connectivity index (χ0) is 6.71. The third kappa shape index (κ3) is 101. The average Bonchev–Trinajstić information content (AvgIpc) is 1.78. The Labute approximate surface area is 64.6 Å². The second kappa shape index (κ2) is 50.6. The zero-order valence-corrected chi connectivity index (χ0v) is 8.91. The van der Waals surface area contributed by atoms with E-state index in [1.54, 1.807) is 0 Å². The predicted octanol–water partition coefficient (Wildman–Crippen LogP) is 0.906. The van der Waals surface area contributed by atoms with Gasteiger partial charge in [0.25, 0.3) is 0 Å². The van der Waals surface area contributed by atoms with Gasteiger partial charge in [0.05, 0.1) is 0 Å². The number of rotatable bonds is 0. The van der Waals surface area contributed by atoms with Crippen molar-refractivity contribution in [1.82, 2.24) is 0 Å². The van der Waals surface area contributed by atoms with E-state index in [0.29, 0.717) is 13.2 Å². The van der Waals surface area contributed by atoms with Crippen molar-refractivity contribution < 1.29 is 23.4 Å². The minimum atomic E-state index is 0.335. The summed E-state index contributed by atoms with van der Waals surface area (Å²) < 4.78 is 0. The molecule has 50 valence electrons. The Balaban J connectivity index is -0.0000000360. The number of halogens is 2. The molecule has 0 aromatic heterocycles. The Morgan fingerprint density at radius 1 is 1.00 bits per heavy atom. The molecule has 0 rings (SSSR count). The Morgan fingerprint density at radius 3 is 1.00 bits per heavy atom. The van der Waals surface area contributed by atoms with Gasteiger partial charge >= 0.3 is 40.5 Å². The molecule has 5 heteroatoms.